The molecule has 122 valence electrons. The van der Waals surface area contributed by atoms with Crippen LogP contribution < -0.4 is 19.5 Å². The summed E-state index contributed by atoms with van der Waals surface area (Å²) in [6, 6.07) is 12.7. The van der Waals surface area contributed by atoms with Crippen molar-refractivity contribution in [3.05, 3.63) is 48.0 Å². The highest BCUT2D eigenvalue weighted by atomic mass is 16.5. The first kappa shape index (κ1) is 16.5. The number of carbonyl (C=O) groups excluding carboxylic acids is 1. The number of hydrogen-bond acceptors (Lipinski definition) is 5. The van der Waals surface area contributed by atoms with E-state index in [4.69, 9.17) is 18.9 Å². The molecule has 0 saturated heterocycles. The van der Waals surface area contributed by atoms with E-state index >= 15 is 0 Å². The summed E-state index contributed by atoms with van der Waals surface area (Å²) in [6.07, 6.45) is -0.567. The fraction of sp³-hybridized carbons (Fsp3) is 0.235. The molecule has 1 N–H and O–H groups in total. The lowest BCUT2D eigenvalue weighted by molar-refractivity contribution is 0.155. The van der Waals surface area contributed by atoms with E-state index in [1.807, 2.05) is 30.3 Å². The Labute approximate surface area is 134 Å². The van der Waals surface area contributed by atoms with Gasteiger partial charge in [-0.1, -0.05) is 30.3 Å². The van der Waals surface area contributed by atoms with Crippen LogP contribution in [0.25, 0.3) is 0 Å². The fourth-order valence-corrected chi connectivity index (χ4v) is 2.03. The molecule has 2 aromatic rings. The van der Waals surface area contributed by atoms with Crippen LogP contribution in [0, 0.1) is 0 Å². The van der Waals surface area contributed by atoms with Crippen LogP contribution in [0.2, 0.25) is 0 Å². The van der Waals surface area contributed by atoms with Crippen LogP contribution in [0.15, 0.2) is 42.5 Å². The van der Waals surface area contributed by atoms with Crippen molar-refractivity contribution in [1.82, 2.24) is 0 Å². The minimum absolute atomic E-state index is 0.192. The largest absolute Gasteiger partial charge is 0.493 e. The van der Waals surface area contributed by atoms with Gasteiger partial charge in [0.25, 0.3) is 0 Å². The second-order valence-corrected chi connectivity index (χ2v) is 4.60. The second kappa shape index (κ2) is 7.93. The van der Waals surface area contributed by atoms with Gasteiger partial charge >= 0.3 is 6.09 Å². The molecule has 0 radical (unpaired) electrons. The lowest BCUT2D eigenvalue weighted by Gasteiger charge is -2.14. The lowest BCUT2D eigenvalue weighted by atomic mass is 10.2. The van der Waals surface area contributed by atoms with Crippen LogP contribution >= 0.6 is 0 Å². The van der Waals surface area contributed by atoms with Gasteiger partial charge in [0.05, 0.1) is 27.0 Å². The van der Waals surface area contributed by atoms with Gasteiger partial charge in [-0.05, 0) is 5.56 Å². The van der Waals surface area contributed by atoms with E-state index in [-0.39, 0.29) is 6.61 Å². The monoisotopic (exact) mass is 317 g/mol. The Morgan fingerprint density at radius 3 is 2.09 bits per heavy atom. The first-order chi connectivity index (χ1) is 11.2. The SMILES string of the molecule is COc1cc(NC(=O)OCc2ccccc2)cc(OC)c1OC. The second-order valence-electron chi connectivity index (χ2n) is 4.60. The molecule has 0 aliphatic heterocycles. The number of amides is 1. The zero-order valence-corrected chi connectivity index (χ0v) is 13.3. The molecule has 0 saturated carbocycles. The van der Waals surface area contributed by atoms with Gasteiger partial charge in [0, 0.05) is 12.1 Å². The lowest BCUT2D eigenvalue weighted by Crippen LogP contribution is -2.13. The predicted molar refractivity (Wildman–Crippen MR) is 86.3 cm³/mol. The van der Waals surface area contributed by atoms with Crippen molar-refractivity contribution in [2.24, 2.45) is 0 Å². The Kier molecular flexibility index (Phi) is 5.68. The minimum Gasteiger partial charge on any atom is -0.493 e. The van der Waals surface area contributed by atoms with E-state index in [9.17, 15) is 4.79 Å². The average Bonchev–Trinajstić information content (AvgIpc) is 2.59. The number of ether oxygens (including phenoxy) is 4. The highest BCUT2D eigenvalue weighted by Gasteiger charge is 2.14. The first-order valence-corrected chi connectivity index (χ1v) is 6.95. The normalized spacial score (nSPS) is 9.87. The summed E-state index contributed by atoms with van der Waals surface area (Å²) >= 11 is 0. The maximum Gasteiger partial charge on any atom is 0.411 e. The molecule has 0 unspecified atom stereocenters. The standard InChI is InChI=1S/C17H19NO5/c1-20-14-9-13(10-15(21-2)16(14)22-3)18-17(19)23-11-12-7-5-4-6-8-12/h4-10H,11H2,1-3H3,(H,18,19). The quantitative estimate of drug-likeness (QED) is 0.884. The Morgan fingerprint density at radius 1 is 0.957 bits per heavy atom. The average molecular weight is 317 g/mol. The van der Waals surface area contributed by atoms with Crippen LogP contribution in [0.1, 0.15) is 5.56 Å². The summed E-state index contributed by atoms with van der Waals surface area (Å²) in [5.41, 5.74) is 1.39. The molecular formula is C17H19NO5. The highest BCUT2D eigenvalue weighted by molar-refractivity contribution is 5.86. The van der Waals surface area contributed by atoms with Crippen LogP contribution in [0.3, 0.4) is 0 Å². The molecule has 23 heavy (non-hydrogen) atoms. The summed E-state index contributed by atoms with van der Waals surface area (Å²) in [6.45, 7) is 0.192. The molecule has 0 heterocycles. The summed E-state index contributed by atoms with van der Waals surface area (Å²) in [7, 11) is 4.53. The molecule has 0 aliphatic rings. The minimum atomic E-state index is -0.567. The molecule has 2 rings (SSSR count). The summed E-state index contributed by atoms with van der Waals surface area (Å²) < 4.78 is 20.9. The number of hydrogen-bond donors (Lipinski definition) is 1. The van der Waals surface area contributed by atoms with Gasteiger partial charge in [0.1, 0.15) is 6.61 Å². The topological polar surface area (TPSA) is 66.0 Å². The molecule has 0 atom stereocenters. The van der Waals surface area contributed by atoms with Crippen LogP contribution in [-0.2, 0) is 11.3 Å². The van der Waals surface area contributed by atoms with E-state index in [1.54, 1.807) is 12.1 Å². The Morgan fingerprint density at radius 2 is 1.57 bits per heavy atom. The Balaban J connectivity index is 2.05. The molecule has 6 heteroatoms. The third kappa shape index (κ3) is 4.29. The molecule has 0 spiro atoms. The van der Waals surface area contributed by atoms with E-state index in [0.29, 0.717) is 22.9 Å². The van der Waals surface area contributed by atoms with Gasteiger partial charge in [-0.25, -0.2) is 4.79 Å². The molecule has 1 amide bonds. The van der Waals surface area contributed by atoms with Crippen molar-refractivity contribution in [1.29, 1.82) is 0 Å². The van der Waals surface area contributed by atoms with Gasteiger partial charge in [0.15, 0.2) is 11.5 Å². The van der Waals surface area contributed by atoms with E-state index in [1.165, 1.54) is 21.3 Å². The maximum atomic E-state index is 11.9. The van der Waals surface area contributed by atoms with E-state index in [2.05, 4.69) is 5.32 Å². The summed E-state index contributed by atoms with van der Waals surface area (Å²) in [5.74, 6) is 1.36. The van der Waals surface area contributed by atoms with E-state index < -0.39 is 6.09 Å². The van der Waals surface area contributed by atoms with Crippen molar-refractivity contribution in [2.45, 2.75) is 6.61 Å². The molecule has 0 bridgehead atoms. The molecule has 2 aromatic carbocycles. The molecule has 6 nitrogen and oxygen atoms in total. The smallest absolute Gasteiger partial charge is 0.411 e. The van der Waals surface area contributed by atoms with Crippen LogP contribution in [0.5, 0.6) is 17.2 Å². The Hall–Kier alpha value is -2.89. The molecule has 0 fully saturated rings. The van der Waals surface area contributed by atoms with Crippen molar-refractivity contribution in [3.8, 4) is 17.2 Å². The Bertz CT molecular complexity index is 632. The first-order valence-electron chi connectivity index (χ1n) is 6.95. The third-order valence-electron chi connectivity index (χ3n) is 3.12. The fourth-order valence-electron chi connectivity index (χ4n) is 2.03. The number of carbonyl (C=O) groups is 1. The molecule has 0 aromatic heterocycles. The van der Waals surface area contributed by atoms with Crippen LogP contribution in [0.4, 0.5) is 10.5 Å². The van der Waals surface area contributed by atoms with Crippen molar-refractivity contribution >= 4 is 11.8 Å². The van der Waals surface area contributed by atoms with Crippen molar-refractivity contribution in [2.75, 3.05) is 26.6 Å². The number of rotatable bonds is 6. The predicted octanol–water partition coefficient (Wildman–Crippen LogP) is 3.46. The van der Waals surface area contributed by atoms with Gasteiger partial charge in [0.2, 0.25) is 5.75 Å². The number of methoxy groups -OCH3 is 3. The highest BCUT2D eigenvalue weighted by Crippen LogP contribution is 2.39. The summed E-state index contributed by atoms with van der Waals surface area (Å²) in [4.78, 5) is 11.9. The van der Waals surface area contributed by atoms with Crippen molar-refractivity contribution in [3.63, 3.8) is 0 Å². The molecule has 0 aliphatic carbocycles. The number of benzene rings is 2. The summed E-state index contributed by atoms with van der Waals surface area (Å²) in [5, 5.41) is 2.64. The number of anilines is 1. The van der Waals surface area contributed by atoms with Gasteiger partial charge in [-0.15, -0.1) is 0 Å². The van der Waals surface area contributed by atoms with Crippen LogP contribution in [-0.4, -0.2) is 27.4 Å². The van der Waals surface area contributed by atoms with E-state index in [0.717, 1.165) is 5.56 Å². The zero-order chi connectivity index (χ0) is 16.7. The zero-order valence-electron chi connectivity index (χ0n) is 13.3. The molecular weight excluding hydrogens is 298 g/mol. The third-order valence-corrected chi connectivity index (χ3v) is 3.12. The maximum absolute atomic E-state index is 11.9. The van der Waals surface area contributed by atoms with Gasteiger partial charge in [-0.2, -0.15) is 0 Å². The van der Waals surface area contributed by atoms with Crippen molar-refractivity contribution < 1.29 is 23.7 Å². The van der Waals surface area contributed by atoms with Gasteiger partial charge in [-0.3, -0.25) is 5.32 Å². The number of nitrogens with one attached hydrogen (secondary N) is 1. The van der Waals surface area contributed by atoms with Gasteiger partial charge < -0.3 is 18.9 Å².